The van der Waals surface area contributed by atoms with Gasteiger partial charge >= 0.3 is 0 Å². The third kappa shape index (κ3) is 3.91. The van der Waals surface area contributed by atoms with Crippen molar-refractivity contribution in [2.45, 2.75) is 25.3 Å². The van der Waals surface area contributed by atoms with E-state index in [4.69, 9.17) is 14.5 Å². The van der Waals surface area contributed by atoms with Gasteiger partial charge in [0.15, 0.2) is 0 Å². The average Bonchev–Trinajstić information content (AvgIpc) is 2.74. The second-order valence-corrected chi connectivity index (χ2v) is 7.21. The lowest BCUT2D eigenvalue weighted by Gasteiger charge is -2.33. The van der Waals surface area contributed by atoms with Gasteiger partial charge in [0.2, 0.25) is 0 Å². The van der Waals surface area contributed by atoms with E-state index in [1.165, 1.54) is 34.9 Å². The number of hydrogen-bond acceptors (Lipinski definition) is 4. The van der Waals surface area contributed by atoms with E-state index >= 15 is 0 Å². The van der Waals surface area contributed by atoms with Gasteiger partial charge in [-0.1, -0.05) is 30.3 Å². The molecule has 2 aromatic carbocycles. The third-order valence-electron chi connectivity index (χ3n) is 5.46. The van der Waals surface area contributed by atoms with Crippen molar-refractivity contribution in [3.8, 4) is 11.5 Å². The van der Waals surface area contributed by atoms with Gasteiger partial charge in [0.1, 0.15) is 11.5 Å². The summed E-state index contributed by atoms with van der Waals surface area (Å²) in [6.45, 7) is 3.02. The van der Waals surface area contributed by atoms with Crippen LogP contribution in [0.3, 0.4) is 0 Å². The van der Waals surface area contributed by atoms with Crippen LogP contribution in [-0.4, -0.2) is 37.2 Å². The maximum Gasteiger partial charge on any atom is 0.127 e. The third-order valence-corrected chi connectivity index (χ3v) is 5.46. The zero-order valence-corrected chi connectivity index (χ0v) is 16.0. The number of methoxy groups -OCH3 is 2. The van der Waals surface area contributed by atoms with Crippen molar-refractivity contribution < 1.29 is 9.47 Å². The van der Waals surface area contributed by atoms with E-state index in [1.807, 2.05) is 18.3 Å². The first-order valence-electron chi connectivity index (χ1n) is 9.55. The molecule has 0 N–H and O–H groups in total. The Hall–Kier alpha value is -2.59. The molecular formula is C23H26N2O2. The standard InChI is InChI=1S/C23H26N2O2/c1-26-21-10-9-20(23(13-21)27-2)16-25-11-5-8-19(15-25)22-12-17-6-3-4-7-18(17)14-24-22/h3-4,6-7,9-10,12-14,19H,5,8,11,15-16H2,1-2H3. The minimum absolute atomic E-state index is 0.479. The van der Waals surface area contributed by atoms with Crippen molar-refractivity contribution in [2.24, 2.45) is 0 Å². The lowest BCUT2D eigenvalue weighted by Crippen LogP contribution is -2.34. The minimum atomic E-state index is 0.479. The van der Waals surface area contributed by atoms with Gasteiger partial charge in [-0.25, -0.2) is 0 Å². The molecule has 1 saturated heterocycles. The fourth-order valence-corrected chi connectivity index (χ4v) is 3.99. The van der Waals surface area contributed by atoms with Crippen LogP contribution in [0.5, 0.6) is 11.5 Å². The minimum Gasteiger partial charge on any atom is -0.497 e. The maximum absolute atomic E-state index is 5.57. The van der Waals surface area contributed by atoms with E-state index in [0.717, 1.165) is 31.1 Å². The molecule has 140 valence electrons. The molecule has 4 heteroatoms. The number of fused-ring (bicyclic) bond motifs is 1. The highest BCUT2D eigenvalue weighted by molar-refractivity contribution is 5.81. The first kappa shape index (κ1) is 17.8. The Bertz CT molecular complexity index is 925. The molecule has 27 heavy (non-hydrogen) atoms. The average molecular weight is 362 g/mol. The van der Waals surface area contributed by atoms with Crippen LogP contribution >= 0.6 is 0 Å². The van der Waals surface area contributed by atoms with Crippen molar-refractivity contribution in [1.82, 2.24) is 9.88 Å². The molecular weight excluding hydrogens is 336 g/mol. The molecule has 1 unspecified atom stereocenters. The Morgan fingerprint density at radius 1 is 1.04 bits per heavy atom. The van der Waals surface area contributed by atoms with Crippen molar-refractivity contribution in [1.29, 1.82) is 0 Å². The fourth-order valence-electron chi connectivity index (χ4n) is 3.99. The summed E-state index contributed by atoms with van der Waals surface area (Å²) >= 11 is 0. The normalized spacial score (nSPS) is 17.8. The SMILES string of the molecule is COc1ccc(CN2CCCC(c3cc4ccccc4cn3)C2)c(OC)c1. The molecule has 0 aliphatic carbocycles. The van der Waals surface area contributed by atoms with Crippen molar-refractivity contribution in [2.75, 3.05) is 27.3 Å². The topological polar surface area (TPSA) is 34.6 Å². The van der Waals surface area contributed by atoms with Gasteiger partial charge in [-0.15, -0.1) is 0 Å². The van der Waals surface area contributed by atoms with Gasteiger partial charge in [-0.05, 0) is 36.9 Å². The summed E-state index contributed by atoms with van der Waals surface area (Å²) < 4.78 is 10.9. The Balaban J connectivity index is 1.51. The van der Waals surface area contributed by atoms with Crippen LogP contribution in [0.25, 0.3) is 10.8 Å². The van der Waals surface area contributed by atoms with Gasteiger partial charge in [0.05, 0.1) is 14.2 Å². The van der Waals surface area contributed by atoms with Gasteiger partial charge in [-0.3, -0.25) is 9.88 Å². The second-order valence-electron chi connectivity index (χ2n) is 7.21. The lowest BCUT2D eigenvalue weighted by atomic mass is 9.93. The zero-order valence-electron chi connectivity index (χ0n) is 16.0. The molecule has 1 aliphatic rings. The number of pyridine rings is 1. The molecule has 4 rings (SSSR count). The molecule has 1 aliphatic heterocycles. The largest absolute Gasteiger partial charge is 0.497 e. The number of aromatic nitrogens is 1. The summed E-state index contributed by atoms with van der Waals surface area (Å²) in [5.41, 5.74) is 2.41. The molecule has 4 nitrogen and oxygen atoms in total. The van der Waals surface area contributed by atoms with Crippen LogP contribution in [0.15, 0.2) is 54.7 Å². The summed E-state index contributed by atoms with van der Waals surface area (Å²) in [6, 6.07) is 16.8. The van der Waals surface area contributed by atoms with E-state index in [0.29, 0.717) is 5.92 Å². The molecule has 1 fully saturated rings. The molecule has 0 radical (unpaired) electrons. The predicted octanol–water partition coefficient (Wildman–Crippen LogP) is 4.63. The molecule has 0 saturated carbocycles. The van der Waals surface area contributed by atoms with Gasteiger partial charge in [-0.2, -0.15) is 0 Å². The zero-order chi connectivity index (χ0) is 18.6. The molecule has 3 aromatic rings. The molecule has 0 spiro atoms. The van der Waals surface area contributed by atoms with E-state index in [1.54, 1.807) is 14.2 Å². The molecule has 0 amide bonds. The summed E-state index contributed by atoms with van der Waals surface area (Å²) in [4.78, 5) is 7.27. The predicted molar refractivity (Wildman–Crippen MR) is 109 cm³/mol. The number of ether oxygens (including phenoxy) is 2. The molecule has 2 heterocycles. The number of rotatable bonds is 5. The van der Waals surface area contributed by atoms with Crippen molar-refractivity contribution in [3.05, 3.63) is 66.0 Å². The number of likely N-dealkylation sites (tertiary alicyclic amines) is 1. The highest BCUT2D eigenvalue weighted by atomic mass is 16.5. The Kier molecular flexibility index (Phi) is 5.26. The second kappa shape index (κ2) is 7.97. The van der Waals surface area contributed by atoms with E-state index < -0.39 is 0 Å². The van der Waals surface area contributed by atoms with Crippen LogP contribution in [-0.2, 0) is 6.54 Å². The van der Waals surface area contributed by atoms with Crippen LogP contribution < -0.4 is 9.47 Å². The smallest absolute Gasteiger partial charge is 0.127 e. The van der Waals surface area contributed by atoms with Crippen molar-refractivity contribution in [3.63, 3.8) is 0 Å². The first-order valence-corrected chi connectivity index (χ1v) is 9.55. The summed E-state index contributed by atoms with van der Waals surface area (Å²) in [6.07, 6.45) is 4.40. The number of piperidine rings is 1. The molecule has 1 atom stereocenters. The van der Waals surface area contributed by atoms with Crippen LogP contribution in [0, 0.1) is 0 Å². The molecule has 0 bridgehead atoms. The van der Waals surface area contributed by atoms with Crippen LogP contribution in [0.1, 0.15) is 30.0 Å². The van der Waals surface area contributed by atoms with Gasteiger partial charge < -0.3 is 9.47 Å². The quantitative estimate of drug-likeness (QED) is 0.663. The van der Waals surface area contributed by atoms with Crippen LogP contribution in [0.4, 0.5) is 0 Å². The Morgan fingerprint density at radius 3 is 2.70 bits per heavy atom. The van der Waals surface area contributed by atoms with E-state index in [-0.39, 0.29) is 0 Å². The highest BCUT2D eigenvalue weighted by Crippen LogP contribution is 2.31. The Labute approximate surface area is 160 Å². The highest BCUT2D eigenvalue weighted by Gasteiger charge is 2.23. The van der Waals surface area contributed by atoms with Gasteiger partial charge in [0.25, 0.3) is 0 Å². The Morgan fingerprint density at radius 2 is 1.89 bits per heavy atom. The summed E-state index contributed by atoms with van der Waals surface area (Å²) in [7, 11) is 3.40. The van der Waals surface area contributed by atoms with E-state index in [2.05, 4.69) is 41.3 Å². The number of nitrogens with zero attached hydrogens (tertiary/aromatic N) is 2. The van der Waals surface area contributed by atoms with Crippen molar-refractivity contribution >= 4 is 10.8 Å². The maximum atomic E-state index is 5.57. The first-order chi connectivity index (χ1) is 13.3. The van der Waals surface area contributed by atoms with E-state index in [9.17, 15) is 0 Å². The lowest BCUT2D eigenvalue weighted by molar-refractivity contribution is 0.196. The molecule has 1 aromatic heterocycles. The summed E-state index contributed by atoms with van der Waals surface area (Å²) in [5.74, 6) is 2.19. The monoisotopic (exact) mass is 362 g/mol. The number of hydrogen-bond donors (Lipinski definition) is 0. The summed E-state index contributed by atoms with van der Waals surface area (Å²) in [5, 5.41) is 2.48. The van der Waals surface area contributed by atoms with Crippen LogP contribution in [0.2, 0.25) is 0 Å². The fraction of sp³-hybridized carbons (Fsp3) is 0.348. The van der Waals surface area contributed by atoms with Gasteiger partial charge in [0, 0.05) is 47.9 Å². The number of benzene rings is 2.